The number of carbonyl (C=O) groups excluding carboxylic acids is 1. The van der Waals surface area contributed by atoms with Crippen LogP contribution in [-0.4, -0.2) is 34.7 Å². The van der Waals surface area contributed by atoms with Gasteiger partial charge in [0, 0.05) is 16.7 Å². The van der Waals surface area contributed by atoms with Gasteiger partial charge in [0.2, 0.25) is 0 Å². The summed E-state index contributed by atoms with van der Waals surface area (Å²) in [6.45, 7) is -0.285. The number of rotatable bonds is 8. The molecular weight excluding hydrogens is 528 g/mol. The highest BCUT2D eigenvalue weighted by Crippen LogP contribution is 2.32. The van der Waals surface area contributed by atoms with Crippen molar-refractivity contribution in [2.75, 3.05) is 30.2 Å². The van der Waals surface area contributed by atoms with Crippen molar-refractivity contribution in [2.45, 2.75) is 0 Å². The number of halogens is 4. The van der Waals surface area contributed by atoms with Crippen molar-refractivity contribution < 1.29 is 31.1 Å². The van der Waals surface area contributed by atoms with Crippen LogP contribution >= 0.6 is 22.6 Å². The third-order valence-electron chi connectivity index (χ3n) is 3.40. The van der Waals surface area contributed by atoms with Crippen LogP contribution in [0.3, 0.4) is 0 Å². The van der Waals surface area contributed by atoms with Crippen molar-refractivity contribution in [1.29, 1.82) is 0 Å². The van der Waals surface area contributed by atoms with Crippen molar-refractivity contribution in [1.82, 2.24) is 10.0 Å². The van der Waals surface area contributed by atoms with Crippen molar-refractivity contribution >= 4 is 56.0 Å². The molecular formula is C16H16F3IN4O4S. The minimum Gasteiger partial charge on any atom is -0.453 e. The van der Waals surface area contributed by atoms with Crippen LogP contribution in [0.15, 0.2) is 30.3 Å². The van der Waals surface area contributed by atoms with Crippen LogP contribution in [-0.2, 0) is 14.9 Å². The van der Waals surface area contributed by atoms with Gasteiger partial charge in [-0.3, -0.25) is 4.72 Å². The van der Waals surface area contributed by atoms with Gasteiger partial charge in [-0.25, -0.2) is 18.0 Å². The summed E-state index contributed by atoms with van der Waals surface area (Å²) in [4.78, 5) is 10.9. The first-order valence-electron chi connectivity index (χ1n) is 7.92. The maximum absolute atomic E-state index is 14.3. The lowest BCUT2D eigenvalue weighted by atomic mass is 10.2. The van der Waals surface area contributed by atoms with E-state index in [9.17, 15) is 26.4 Å². The molecule has 0 spiro atoms. The summed E-state index contributed by atoms with van der Waals surface area (Å²) < 4.78 is 75.3. The van der Waals surface area contributed by atoms with Crippen LogP contribution in [0.1, 0.15) is 0 Å². The van der Waals surface area contributed by atoms with E-state index in [0.717, 1.165) is 19.2 Å². The Kier molecular flexibility index (Phi) is 7.92. The monoisotopic (exact) mass is 544 g/mol. The fraction of sp³-hybridized carbons (Fsp3) is 0.188. The topological polar surface area (TPSA) is 109 Å². The van der Waals surface area contributed by atoms with E-state index < -0.39 is 39.4 Å². The molecule has 0 heterocycles. The van der Waals surface area contributed by atoms with E-state index in [4.69, 9.17) is 0 Å². The van der Waals surface area contributed by atoms with Gasteiger partial charge in [0.25, 0.3) is 10.2 Å². The van der Waals surface area contributed by atoms with Crippen LogP contribution in [0.5, 0.6) is 0 Å². The van der Waals surface area contributed by atoms with Crippen molar-refractivity contribution in [3.05, 3.63) is 51.4 Å². The van der Waals surface area contributed by atoms with Gasteiger partial charge in [0.1, 0.15) is 11.5 Å². The maximum Gasteiger partial charge on any atom is 0.406 e. The summed E-state index contributed by atoms with van der Waals surface area (Å²) in [5.74, 6) is -3.38. The fourth-order valence-electron chi connectivity index (χ4n) is 2.09. The van der Waals surface area contributed by atoms with Crippen molar-refractivity contribution in [3.8, 4) is 0 Å². The van der Waals surface area contributed by atoms with E-state index in [1.165, 1.54) is 18.2 Å². The highest BCUT2D eigenvalue weighted by Gasteiger charge is 2.19. The standard InChI is InChI=1S/C16H16F3IN4O4S/c1-28-16(25)21-6-7-22-29(26,27)24-13-5-3-10(17)14(19)15(13)23-12-4-2-9(20)8-11(12)18/h2-5,8,22-24H,6-7H2,1H3,(H,21,25). The number of amides is 1. The summed E-state index contributed by atoms with van der Waals surface area (Å²) in [5.41, 5.74) is -1.12. The Morgan fingerprint density at radius 1 is 1.07 bits per heavy atom. The maximum atomic E-state index is 14.3. The summed E-state index contributed by atoms with van der Waals surface area (Å²) in [5, 5.41) is 4.63. The molecule has 2 aromatic carbocycles. The second-order valence-electron chi connectivity index (χ2n) is 5.45. The number of hydrogen-bond donors (Lipinski definition) is 4. The number of ether oxygens (including phenoxy) is 1. The molecule has 4 N–H and O–H groups in total. The predicted octanol–water partition coefficient (Wildman–Crippen LogP) is 3.05. The minimum absolute atomic E-state index is 0.0790. The Morgan fingerprint density at radius 2 is 1.76 bits per heavy atom. The quantitative estimate of drug-likeness (QED) is 0.302. The number of benzene rings is 2. The smallest absolute Gasteiger partial charge is 0.406 e. The van der Waals surface area contributed by atoms with Gasteiger partial charge < -0.3 is 15.4 Å². The van der Waals surface area contributed by atoms with E-state index >= 15 is 0 Å². The number of anilines is 3. The molecule has 29 heavy (non-hydrogen) atoms. The average molecular weight is 544 g/mol. The second kappa shape index (κ2) is 9.98. The third kappa shape index (κ3) is 6.64. The lowest BCUT2D eigenvalue weighted by molar-refractivity contribution is 0.171. The Bertz CT molecular complexity index is 1010. The molecule has 0 fully saturated rings. The zero-order valence-electron chi connectivity index (χ0n) is 14.9. The van der Waals surface area contributed by atoms with E-state index in [0.29, 0.717) is 3.57 Å². The lowest BCUT2D eigenvalue weighted by Crippen LogP contribution is -2.37. The van der Waals surface area contributed by atoms with E-state index in [1.807, 2.05) is 27.3 Å². The van der Waals surface area contributed by atoms with Gasteiger partial charge in [-0.1, -0.05) is 0 Å². The number of carbonyl (C=O) groups is 1. The first-order valence-corrected chi connectivity index (χ1v) is 10.5. The predicted molar refractivity (Wildman–Crippen MR) is 110 cm³/mol. The number of nitrogens with one attached hydrogen (secondary N) is 4. The van der Waals surface area contributed by atoms with Crippen molar-refractivity contribution in [3.63, 3.8) is 0 Å². The number of methoxy groups -OCH3 is 1. The van der Waals surface area contributed by atoms with Crippen LogP contribution in [0.25, 0.3) is 0 Å². The van der Waals surface area contributed by atoms with Gasteiger partial charge in [-0.2, -0.15) is 13.1 Å². The van der Waals surface area contributed by atoms with Gasteiger partial charge >= 0.3 is 6.09 Å². The summed E-state index contributed by atoms with van der Waals surface area (Å²) in [7, 11) is -3.07. The normalized spacial score (nSPS) is 11.1. The summed E-state index contributed by atoms with van der Waals surface area (Å²) in [6.07, 6.45) is -0.746. The van der Waals surface area contributed by atoms with Crippen LogP contribution in [0.4, 0.5) is 35.0 Å². The number of hydrogen-bond acceptors (Lipinski definition) is 5. The Balaban J connectivity index is 2.20. The van der Waals surface area contributed by atoms with Gasteiger partial charge in [-0.15, -0.1) is 0 Å². The minimum atomic E-state index is -4.22. The lowest BCUT2D eigenvalue weighted by Gasteiger charge is -2.16. The fourth-order valence-corrected chi connectivity index (χ4v) is 3.44. The molecule has 0 aliphatic heterocycles. The van der Waals surface area contributed by atoms with Gasteiger partial charge in [-0.05, 0) is 52.9 Å². The molecule has 2 aromatic rings. The first-order chi connectivity index (χ1) is 13.6. The summed E-state index contributed by atoms with van der Waals surface area (Å²) in [6, 6.07) is 5.71. The van der Waals surface area contributed by atoms with Gasteiger partial charge in [0.05, 0.1) is 18.5 Å². The molecule has 0 radical (unpaired) electrons. The van der Waals surface area contributed by atoms with E-state index in [1.54, 1.807) is 0 Å². The molecule has 13 heteroatoms. The molecule has 158 valence electrons. The third-order valence-corrected chi connectivity index (χ3v) is 5.15. The van der Waals surface area contributed by atoms with E-state index in [-0.39, 0.29) is 24.5 Å². The Hall–Kier alpha value is -2.26. The first kappa shape index (κ1) is 23.0. The molecule has 2 rings (SSSR count). The zero-order valence-corrected chi connectivity index (χ0v) is 17.8. The van der Waals surface area contributed by atoms with Gasteiger partial charge in [0.15, 0.2) is 11.6 Å². The Morgan fingerprint density at radius 3 is 2.41 bits per heavy atom. The molecule has 0 aliphatic carbocycles. The summed E-state index contributed by atoms with van der Waals surface area (Å²) >= 11 is 1.88. The largest absolute Gasteiger partial charge is 0.453 e. The molecule has 0 bridgehead atoms. The SMILES string of the molecule is COC(=O)NCCNS(=O)(=O)Nc1ccc(F)c(F)c1Nc1ccc(I)cc1F. The van der Waals surface area contributed by atoms with Crippen LogP contribution in [0, 0.1) is 21.0 Å². The van der Waals surface area contributed by atoms with E-state index in [2.05, 4.69) is 20.1 Å². The molecule has 0 saturated carbocycles. The van der Waals surface area contributed by atoms with Crippen LogP contribution in [0.2, 0.25) is 0 Å². The molecule has 0 saturated heterocycles. The average Bonchev–Trinajstić information content (AvgIpc) is 2.66. The molecule has 0 aromatic heterocycles. The van der Waals surface area contributed by atoms with Crippen molar-refractivity contribution in [2.24, 2.45) is 0 Å². The molecule has 0 unspecified atom stereocenters. The second-order valence-corrected chi connectivity index (χ2v) is 8.20. The number of alkyl carbamates (subject to hydrolysis) is 1. The molecule has 0 atom stereocenters. The highest BCUT2D eigenvalue weighted by molar-refractivity contribution is 14.1. The zero-order chi connectivity index (χ0) is 21.6. The molecule has 0 aliphatic rings. The Labute approximate surface area is 178 Å². The highest BCUT2D eigenvalue weighted by atomic mass is 127. The molecule has 8 nitrogen and oxygen atoms in total. The molecule has 1 amide bonds. The van der Waals surface area contributed by atoms with Crippen LogP contribution < -0.4 is 20.1 Å².